The molecule has 0 aliphatic heterocycles. The van der Waals surface area contributed by atoms with Crippen molar-refractivity contribution in [2.24, 2.45) is 0 Å². The highest BCUT2D eigenvalue weighted by molar-refractivity contribution is 14.1. The highest BCUT2D eigenvalue weighted by Gasteiger charge is 1.58. The molecule has 1 aromatic heterocycles. The minimum Gasteiger partial charge on any atom is -0.265 e. The van der Waals surface area contributed by atoms with Crippen LogP contribution in [0.5, 0.6) is 0 Å². The van der Waals surface area contributed by atoms with E-state index in [0.717, 1.165) is 4.43 Å². The summed E-state index contributed by atoms with van der Waals surface area (Å²) in [5.74, 6) is 0. The summed E-state index contributed by atoms with van der Waals surface area (Å²) < 4.78 is 1.05. The molecule has 10 heavy (non-hydrogen) atoms. The normalized spacial score (nSPS) is 7.30. The minimum absolute atomic E-state index is 1.05. The van der Waals surface area contributed by atoms with Gasteiger partial charge in [0, 0.05) is 16.8 Å². The molecule has 0 N–H and O–H groups in total. The quantitative estimate of drug-likeness (QED) is 0.422. The van der Waals surface area contributed by atoms with Crippen molar-refractivity contribution in [3.8, 4) is 0 Å². The summed E-state index contributed by atoms with van der Waals surface area (Å²) in [6.45, 7) is 3.47. The maximum absolute atomic E-state index is 3.78. The van der Waals surface area contributed by atoms with Gasteiger partial charge in [0.2, 0.25) is 0 Å². The van der Waals surface area contributed by atoms with Gasteiger partial charge >= 0.3 is 0 Å². The Bertz CT molecular complexity index is 124. The molecule has 0 fully saturated rings. The van der Waals surface area contributed by atoms with E-state index in [0.29, 0.717) is 0 Å². The van der Waals surface area contributed by atoms with Crippen LogP contribution in [0.2, 0.25) is 0 Å². The van der Waals surface area contributed by atoms with Gasteiger partial charge in [-0.05, 0) is 12.1 Å². The standard InChI is InChI=1S/C5H5N.C3H5I/c1-2-4-6-5-3-1;1-2-3-4/h1-5H;2H,1,3H2. The molecule has 0 aromatic carbocycles. The molecule has 0 bridgehead atoms. The van der Waals surface area contributed by atoms with Crippen LogP contribution in [-0.4, -0.2) is 9.41 Å². The molecule has 0 spiro atoms. The van der Waals surface area contributed by atoms with Crippen molar-refractivity contribution in [2.75, 3.05) is 4.43 Å². The Morgan fingerprint density at radius 2 is 1.80 bits per heavy atom. The van der Waals surface area contributed by atoms with Crippen LogP contribution >= 0.6 is 22.6 Å². The molecule has 54 valence electrons. The van der Waals surface area contributed by atoms with Gasteiger partial charge in [0.1, 0.15) is 0 Å². The Labute approximate surface area is 75.3 Å². The van der Waals surface area contributed by atoms with Gasteiger partial charge in [-0.2, -0.15) is 0 Å². The number of hydrogen-bond donors (Lipinski definition) is 0. The summed E-state index contributed by atoms with van der Waals surface area (Å²) in [6.07, 6.45) is 5.36. The van der Waals surface area contributed by atoms with Crippen LogP contribution in [-0.2, 0) is 0 Å². The summed E-state index contributed by atoms with van der Waals surface area (Å²) in [6, 6.07) is 5.72. The summed E-state index contributed by atoms with van der Waals surface area (Å²) in [4.78, 5) is 3.78. The number of pyridine rings is 1. The van der Waals surface area contributed by atoms with Gasteiger partial charge in [-0.25, -0.2) is 0 Å². The summed E-state index contributed by atoms with van der Waals surface area (Å²) in [5.41, 5.74) is 0. The molecule has 1 aromatic rings. The first-order valence-corrected chi connectivity index (χ1v) is 4.46. The van der Waals surface area contributed by atoms with Gasteiger partial charge in [0.25, 0.3) is 0 Å². The van der Waals surface area contributed by atoms with Crippen LogP contribution in [0.3, 0.4) is 0 Å². The zero-order chi connectivity index (χ0) is 7.66. The van der Waals surface area contributed by atoms with Crippen molar-refractivity contribution in [3.05, 3.63) is 43.2 Å². The first kappa shape index (κ1) is 9.62. The van der Waals surface area contributed by atoms with E-state index in [1.807, 2.05) is 24.3 Å². The SMILES string of the molecule is C=CCI.c1ccncc1. The molecule has 1 rings (SSSR count). The van der Waals surface area contributed by atoms with Gasteiger partial charge in [-0.15, -0.1) is 6.58 Å². The number of halogens is 1. The second-order valence-corrected chi connectivity index (χ2v) is 2.35. The minimum atomic E-state index is 1.05. The van der Waals surface area contributed by atoms with Gasteiger partial charge in [-0.1, -0.05) is 34.7 Å². The molecule has 1 heterocycles. The predicted octanol–water partition coefficient (Wildman–Crippen LogP) is 2.69. The molecule has 0 aliphatic rings. The summed E-state index contributed by atoms with van der Waals surface area (Å²) in [5, 5.41) is 0. The van der Waals surface area contributed by atoms with Gasteiger partial charge in [0.05, 0.1) is 0 Å². The molecule has 0 saturated carbocycles. The maximum atomic E-state index is 3.78. The second-order valence-electron chi connectivity index (χ2n) is 1.47. The third kappa shape index (κ3) is 7.62. The average Bonchev–Trinajstić information content (AvgIpc) is 2.08. The molecule has 0 amide bonds. The number of allylic oxidation sites excluding steroid dienone is 1. The van der Waals surface area contributed by atoms with Crippen molar-refractivity contribution in [1.82, 2.24) is 4.98 Å². The van der Waals surface area contributed by atoms with Crippen molar-refractivity contribution in [2.45, 2.75) is 0 Å². The molecule has 0 unspecified atom stereocenters. The molecule has 0 atom stereocenters. The van der Waals surface area contributed by atoms with E-state index in [2.05, 4.69) is 34.2 Å². The van der Waals surface area contributed by atoms with Gasteiger partial charge < -0.3 is 0 Å². The lowest BCUT2D eigenvalue weighted by Gasteiger charge is -1.70. The molecule has 2 heteroatoms. The van der Waals surface area contributed by atoms with E-state index in [1.165, 1.54) is 0 Å². The first-order valence-electron chi connectivity index (χ1n) is 2.93. The number of alkyl halides is 1. The highest BCUT2D eigenvalue weighted by atomic mass is 127. The number of rotatable bonds is 1. The zero-order valence-electron chi connectivity index (χ0n) is 5.70. The Morgan fingerprint density at radius 3 is 1.90 bits per heavy atom. The van der Waals surface area contributed by atoms with Gasteiger partial charge in [0.15, 0.2) is 0 Å². The Morgan fingerprint density at radius 1 is 1.30 bits per heavy atom. The second kappa shape index (κ2) is 8.62. The Kier molecular flexibility index (Phi) is 8.29. The number of hydrogen-bond acceptors (Lipinski definition) is 1. The molecular weight excluding hydrogens is 237 g/mol. The first-order chi connectivity index (χ1) is 4.91. The predicted molar refractivity (Wildman–Crippen MR) is 53.3 cm³/mol. The monoisotopic (exact) mass is 247 g/mol. The van der Waals surface area contributed by atoms with E-state index < -0.39 is 0 Å². The molecule has 1 nitrogen and oxygen atoms in total. The molecule has 0 radical (unpaired) electrons. The van der Waals surface area contributed by atoms with Crippen LogP contribution in [0, 0.1) is 0 Å². The van der Waals surface area contributed by atoms with Crippen molar-refractivity contribution in [3.63, 3.8) is 0 Å². The van der Waals surface area contributed by atoms with Crippen molar-refractivity contribution in [1.29, 1.82) is 0 Å². The summed E-state index contributed by atoms with van der Waals surface area (Å²) >= 11 is 2.23. The molecular formula is C8H10IN. The largest absolute Gasteiger partial charge is 0.265 e. The fraction of sp³-hybridized carbons (Fsp3) is 0.125. The lowest BCUT2D eigenvalue weighted by molar-refractivity contribution is 1.33. The Balaban J connectivity index is 0.000000180. The van der Waals surface area contributed by atoms with E-state index in [-0.39, 0.29) is 0 Å². The van der Waals surface area contributed by atoms with Crippen LogP contribution in [0.4, 0.5) is 0 Å². The fourth-order valence-electron chi connectivity index (χ4n) is 0.313. The van der Waals surface area contributed by atoms with Crippen LogP contribution in [0.25, 0.3) is 0 Å². The van der Waals surface area contributed by atoms with Crippen molar-refractivity contribution >= 4 is 22.6 Å². The lowest BCUT2D eigenvalue weighted by Crippen LogP contribution is -1.58. The number of aromatic nitrogens is 1. The smallest absolute Gasteiger partial charge is 0.0267 e. The average molecular weight is 247 g/mol. The maximum Gasteiger partial charge on any atom is 0.0267 e. The molecule has 0 saturated heterocycles. The van der Waals surface area contributed by atoms with E-state index in [9.17, 15) is 0 Å². The van der Waals surface area contributed by atoms with Gasteiger partial charge in [-0.3, -0.25) is 4.98 Å². The third-order valence-electron chi connectivity index (χ3n) is 0.676. The van der Waals surface area contributed by atoms with E-state index in [1.54, 1.807) is 12.4 Å². The van der Waals surface area contributed by atoms with Crippen molar-refractivity contribution < 1.29 is 0 Å². The van der Waals surface area contributed by atoms with E-state index in [4.69, 9.17) is 0 Å². The number of nitrogens with zero attached hydrogens (tertiary/aromatic N) is 1. The lowest BCUT2D eigenvalue weighted by atomic mass is 10.5. The molecule has 0 aliphatic carbocycles. The van der Waals surface area contributed by atoms with Crippen LogP contribution in [0.15, 0.2) is 43.2 Å². The Hall–Kier alpha value is -0.380. The van der Waals surface area contributed by atoms with Crippen LogP contribution in [0.1, 0.15) is 0 Å². The third-order valence-corrected chi connectivity index (χ3v) is 1.30. The van der Waals surface area contributed by atoms with Crippen LogP contribution < -0.4 is 0 Å². The zero-order valence-corrected chi connectivity index (χ0v) is 7.86. The fourth-order valence-corrected chi connectivity index (χ4v) is 0.313. The highest BCUT2D eigenvalue weighted by Crippen LogP contribution is 1.75. The summed E-state index contributed by atoms with van der Waals surface area (Å²) in [7, 11) is 0. The van der Waals surface area contributed by atoms with E-state index >= 15 is 0 Å². The topological polar surface area (TPSA) is 12.9 Å².